The van der Waals surface area contributed by atoms with Gasteiger partial charge in [0.25, 0.3) is 0 Å². The zero-order valence-electron chi connectivity index (χ0n) is 14.9. The van der Waals surface area contributed by atoms with E-state index in [1.807, 2.05) is 60.7 Å². The second kappa shape index (κ2) is 8.76. The molecule has 1 heterocycles. The molecule has 0 bridgehead atoms. The van der Waals surface area contributed by atoms with Crippen molar-refractivity contribution in [2.45, 2.75) is 12.5 Å². The number of esters is 2. The number of benzene rings is 2. The maximum atomic E-state index is 12.5. The Morgan fingerprint density at radius 2 is 1.48 bits per heavy atom. The molecule has 0 fully saturated rings. The molecular weight excluding hydrogens is 342 g/mol. The molecule has 0 aliphatic heterocycles. The summed E-state index contributed by atoms with van der Waals surface area (Å²) in [6, 6.07) is 22.4. The van der Waals surface area contributed by atoms with Gasteiger partial charge in [-0.15, -0.1) is 0 Å². The number of carbonyl (C=O) groups excluding carboxylic acids is 2. The van der Waals surface area contributed by atoms with Gasteiger partial charge < -0.3 is 9.47 Å². The Hall–Kier alpha value is -3.47. The Balaban J connectivity index is 1.74. The van der Waals surface area contributed by atoms with Crippen molar-refractivity contribution in [3.8, 4) is 0 Å². The highest BCUT2D eigenvalue weighted by atomic mass is 16.5. The van der Waals surface area contributed by atoms with Gasteiger partial charge in [-0.3, -0.25) is 4.79 Å². The van der Waals surface area contributed by atoms with Crippen LogP contribution in [0.4, 0.5) is 0 Å². The minimum Gasteiger partial charge on any atom is -0.464 e. The number of aromatic nitrogens is 1. The van der Waals surface area contributed by atoms with E-state index < -0.39 is 12.1 Å². The van der Waals surface area contributed by atoms with Gasteiger partial charge in [0, 0.05) is 6.20 Å². The highest BCUT2D eigenvalue weighted by molar-refractivity contribution is 5.87. The van der Waals surface area contributed by atoms with Crippen LogP contribution in [0, 0.1) is 0 Å². The summed E-state index contributed by atoms with van der Waals surface area (Å²) >= 11 is 0. The fraction of sp³-hybridized carbons (Fsp3) is 0.136. The van der Waals surface area contributed by atoms with Crippen LogP contribution < -0.4 is 0 Å². The van der Waals surface area contributed by atoms with Crippen LogP contribution in [-0.4, -0.2) is 24.0 Å². The summed E-state index contributed by atoms with van der Waals surface area (Å²) in [5.74, 6) is -0.891. The van der Waals surface area contributed by atoms with E-state index in [1.165, 1.54) is 19.4 Å². The Morgan fingerprint density at radius 3 is 1.96 bits per heavy atom. The molecule has 0 N–H and O–H groups in total. The number of hydrogen-bond donors (Lipinski definition) is 0. The molecule has 0 aliphatic carbocycles. The molecule has 0 radical (unpaired) electrons. The molecule has 3 aromatic rings. The van der Waals surface area contributed by atoms with Gasteiger partial charge in [-0.1, -0.05) is 66.7 Å². The van der Waals surface area contributed by atoms with Gasteiger partial charge in [0.1, 0.15) is 5.69 Å². The second-order valence-electron chi connectivity index (χ2n) is 5.91. The van der Waals surface area contributed by atoms with Gasteiger partial charge >= 0.3 is 11.9 Å². The van der Waals surface area contributed by atoms with E-state index in [4.69, 9.17) is 4.74 Å². The van der Waals surface area contributed by atoms with Crippen LogP contribution in [0.3, 0.4) is 0 Å². The molecular formula is C22H19NO4. The van der Waals surface area contributed by atoms with E-state index in [1.54, 1.807) is 6.07 Å². The molecule has 136 valence electrons. The van der Waals surface area contributed by atoms with E-state index in [0.29, 0.717) is 5.56 Å². The summed E-state index contributed by atoms with van der Waals surface area (Å²) in [6.07, 6.45) is 1.06. The van der Waals surface area contributed by atoms with Gasteiger partial charge in [0.2, 0.25) is 0 Å². The Labute approximate surface area is 157 Å². The number of pyridine rings is 1. The van der Waals surface area contributed by atoms with Crippen molar-refractivity contribution in [1.82, 2.24) is 4.98 Å². The molecule has 0 spiro atoms. The predicted molar refractivity (Wildman–Crippen MR) is 100 cm³/mol. The van der Waals surface area contributed by atoms with E-state index in [0.717, 1.165) is 11.1 Å². The fourth-order valence-corrected chi connectivity index (χ4v) is 2.68. The lowest BCUT2D eigenvalue weighted by Gasteiger charge is -2.19. The highest BCUT2D eigenvalue weighted by Crippen LogP contribution is 2.26. The van der Waals surface area contributed by atoms with Gasteiger partial charge in [-0.05, 0) is 22.8 Å². The van der Waals surface area contributed by atoms with Crippen LogP contribution in [0.15, 0.2) is 79.0 Å². The molecule has 27 heavy (non-hydrogen) atoms. The topological polar surface area (TPSA) is 65.5 Å². The van der Waals surface area contributed by atoms with Crippen LogP contribution in [0.25, 0.3) is 0 Å². The van der Waals surface area contributed by atoms with E-state index in [2.05, 4.69) is 9.72 Å². The summed E-state index contributed by atoms with van der Waals surface area (Å²) in [5, 5.41) is 0. The van der Waals surface area contributed by atoms with Crippen LogP contribution in [0.5, 0.6) is 0 Å². The average Bonchev–Trinajstić information content (AvgIpc) is 2.73. The molecule has 3 rings (SSSR count). The number of methoxy groups -OCH3 is 1. The Kier molecular flexibility index (Phi) is 5.94. The maximum absolute atomic E-state index is 12.5. The average molecular weight is 361 g/mol. The first-order valence-electron chi connectivity index (χ1n) is 8.50. The van der Waals surface area contributed by atoms with Crippen LogP contribution in [0.1, 0.15) is 33.3 Å². The van der Waals surface area contributed by atoms with Crippen LogP contribution in [-0.2, 0) is 20.7 Å². The van der Waals surface area contributed by atoms with Crippen molar-refractivity contribution in [1.29, 1.82) is 0 Å². The maximum Gasteiger partial charge on any atom is 0.356 e. The minimum atomic E-state index is -0.516. The quantitative estimate of drug-likeness (QED) is 0.626. The lowest BCUT2D eigenvalue weighted by molar-refractivity contribution is -0.146. The number of hydrogen-bond acceptors (Lipinski definition) is 5. The Morgan fingerprint density at radius 1 is 0.889 bits per heavy atom. The Bertz CT molecular complexity index is 853. The van der Waals surface area contributed by atoms with Gasteiger partial charge in [0.05, 0.1) is 13.5 Å². The summed E-state index contributed by atoms with van der Waals surface area (Å²) < 4.78 is 10.4. The van der Waals surface area contributed by atoms with Crippen molar-refractivity contribution in [3.05, 3.63) is 101 Å². The number of nitrogens with zero attached hydrogens (tertiary/aromatic N) is 1. The first-order valence-corrected chi connectivity index (χ1v) is 8.50. The predicted octanol–water partition coefficient (Wildman–Crippen LogP) is 3.74. The van der Waals surface area contributed by atoms with Gasteiger partial charge in [-0.25, -0.2) is 9.78 Å². The monoisotopic (exact) mass is 361 g/mol. The van der Waals surface area contributed by atoms with E-state index in [-0.39, 0.29) is 18.1 Å². The van der Waals surface area contributed by atoms with Crippen molar-refractivity contribution < 1.29 is 19.1 Å². The van der Waals surface area contributed by atoms with Crippen LogP contribution in [0.2, 0.25) is 0 Å². The number of rotatable bonds is 6. The molecule has 5 heteroatoms. The molecule has 2 aromatic carbocycles. The van der Waals surface area contributed by atoms with Crippen molar-refractivity contribution in [2.24, 2.45) is 0 Å². The largest absolute Gasteiger partial charge is 0.464 e. The van der Waals surface area contributed by atoms with Crippen molar-refractivity contribution in [3.63, 3.8) is 0 Å². The smallest absolute Gasteiger partial charge is 0.356 e. The standard InChI is InChI=1S/C22H19NO4/c1-26-22(25)19-13-12-16(15-23-19)14-20(24)27-21(17-8-4-2-5-9-17)18-10-6-3-7-11-18/h2-13,15,21H,14H2,1H3. The fourth-order valence-electron chi connectivity index (χ4n) is 2.68. The molecule has 0 atom stereocenters. The zero-order chi connectivity index (χ0) is 19.1. The van der Waals surface area contributed by atoms with E-state index in [9.17, 15) is 9.59 Å². The molecule has 0 unspecified atom stereocenters. The number of ether oxygens (including phenoxy) is 2. The lowest BCUT2D eigenvalue weighted by Crippen LogP contribution is -2.15. The summed E-state index contributed by atoms with van der Waals surface area (Å²) in [4.78, 5) is 27.9. The molecule has 1 aromatic heterocycles. The third-order valence-corrected chi connectivity index (χ3v) is 4.02. The molecule has 0 saturated carbocycles. The SMILES string of the molecule is COC(=O)c1ccc(CC(=O)OC(c2ccccc2)c2ccccc2)cn1. The first kappa shape index (κ1) is 18.3. The molecule has 0 saturated heterocycles. The summed E-state index contributed by atoms with van der Waals surface area (Å²) in [7, 11) is 1.29. The molecule has 0 amide bonds. The van der Waals surface area contributed by atoms with Crippen molar-refractivity contribution in [2.75, 3.05) is 7.11 Å². The van der Waals surface area contributed by atoms with Crippen LogP contribution >= 0.6 is 0 Å². The minimum absolute atomic E-state index is 0.0601. The van der Waals surface area contributed by atoms with Gasteiger partial charge in [0.15, 0.2) is 6.10 Å². The normalized spacial score (nSPS) is 10.4. The third-order valence-electron chi connectivity index (χ3n) is 4.02. The molecule has 0 aliphatic rings. The zero-order valence-corrected chi connectivity index (χ0v) is 14.9. The summed E-state index contributed by atoms with van der Waals surface area (Å²) in [6.45, 7) is 0. The van der Waals surface area contributed by atoms with Crippen molar-refractivity contribution >= 4 is 11.9 Å². The summed E-state index contributed by atoms with van der Waals surface area (Å²) in [5.41, 5.74) is 2.65. The lowest BCUT2D eigenvalue weighted by atomic mass is 10.0. The van der Waals surface area contributed by atoms with Gasteiger partial charge in [-0.2, -0.15) is 0 Å². The van der Waals surface area contributed by atoms with E-state index >= 15 is 0 Å². The second-order valence-corrected chi connectivity index (χ2v) is 5.91. The first-order chi connectivity index (χ1) is 13.2. The highest BCUT2D eigenvalue weighted by Gasteiger charge is 2.19. The third kappa shape index (κ3) is 4.79. The number of carbonyl (C=O) groups is 2. The molecule has 5 nitrogen and oxygen atoms in total.